The van der Waals surface area contributed by atoms with Gasteiger partial charge in [0, 0.05) is 24.7 Å². The third-order valence-electron chi connectivity index (χ3n) is 5.60. The third-order valence-corrected chi connectivity index (χ3v) is 7.62. The first-order valence-electron chi connectivity index (χ1n) is 10.6. The van der Waals surface area contributed by atoms with Crippen LogP contribution in [0, 0.1) is 6.92 Å². The molecule has 0 aliphatic carbocycles. The number of thiophene rings is 1. The fourth-order valence-electron chi connectivity index (χ4n) is 3.97. The monoisotopic (exact) mass is 474 g/mol. The molecule has 1 unspecified atom stereocenters. The highest BCUT2D eigenvalue weighted by Gasteiger charge is 2.23. The number of hydrogen-bond donors (Lipinski definition) is 1. The van der Waals surface area contributed by atoms with E-state index in [0.717, 1.165) is 29.7 Å². The number of fused-ring (bicyclic) bond motifs is 1. The highest BCUT2D eigenvalue weighted by molar-refractivity contribution is 7.99. The number of nitrogens with one attached hydrogen (secondary N) is 1. The van der Waals surface area contributed by atoms with Crippen molar-refractivity contribution < 1.29 is 14.3 Å². The summed E-state index contributed by atoms with van der Waals surface area (Å²) >= 11 is 2.67. The van der Waals surface area contributed by atoms with Crippen LogP contribution in [0.5, 0.6) is 0 Å². The van der Waals surface area contributed by atoms with E-state index in [1.807, 2.05) is 13.8 Å². The summed E-state index contributed by atoms with van der Waals surface area (Å²) in [6.45, 7) is 5.14. The molecule has 32 heavy (non-hydrogen) atoms. The van der Waals surface area contributed by atoms with Gasteiger partial charge in [-0.15, -0.1) is 11.3 Å². The fraction of sp³-hybridized carbons (Fsp3) is 0.455. The van der Waals surface area contributed by atoms with Crippen LogP contribution in [0.3, 0.4) is 0 Å². The number of thioether (sulfide) groups is 1. The van der Waals surface area contributed by atoms with E-state index in [1.54, 1.807) is 34.5 Å². The van der Waals surface area contributed by atoms with Crippen LogP contribution in [0.25, 0.3) is 10.2 Å². The molecular formula is C22H26N4O4S2. The Bertz CT molecular complexity index is 1220. The summed E-state index contributed by atoms with van der Waals surface area (Å²) < 4.78 is 9.04. The first-order chi connectivity index (χ1) is 15.4. The Hall–Kier alpha value is -2.43. The molecule has 0 saturated carbocycles. The Morgan fingerprint density at radius 3 is 2.88 bits per heavy atom. The van der Waals surface area contributed by atoms with Crippen molar-refractivity contribution >= 4 is 45.1 Å². The number of aryl methyl sites for hydroxylation is 3. The lowest BCUT2D eigenvalue weighted by atomic mass is 10.1. The van der Waals surface area contributed by atoms with Crippen LogP contribution in [0.1, 0.15) is 40.7 Å². The van der Waals surface area contributed by atoms with E-state index in [0.29, 0.717) is 34.2 Å². The van der Waals surface area contributed by atoms with E-state index in [9.17, 15) is 14.4 Å². The molecular weight excluding hydrogens is 448 g/mol. The number of amides is 2. The number of nitrogens with zero attached hydrogens (tertiary/aromatic N) is 3. The van der Waals surface area contributed by atoms with Crippen molar-refractivity contribution in [3.05, 3.63) is 44.8 Å². The maximum atomic E-state index is 13.4. The van der Waals surface area contributed by atoms with Crippen molar-refractivity contribution in [2.75, 3.05) is 12.4 Å². The molecule has 1 N–H and O–H groups in total. The van der Waals surface area contributed by atoms with Gasteiger partial charge in [-0.2, -0.15) is 0 Å². The average Bonchev–Trinajstić information content (AvgIpc) is 3.48. The molecule has 4 rings (SSSR count). The van der Waals surface area contributed by atoms with Crippen LogP contribution in [-0.2, 0) is 29.5 Å². The van der Waals surface area contributed by atoms with Crippen LogP contribution in [-0.4, -0.2) is 44.4 Å². The molecule has 0 radical (unpaired) electrons. The predicted molar refractivity (Wildman–Crippen MR) is 126 cm³/mol. The van der Waals surface area contributed by atoms with Crippen molar-refractivity contribution in [1.82, 2.24) is 19.4 Å². The Morgan fingerprint density at radius 2 is 2.22 bits per heavy atom. The number of rotatable bonds is 7. The van der Waals surface area contributed by atoms with E-state index >= 15 is 0 Å². The van der Waals surface area contributed by atoms with Crippen LogP contribution in [0.15, 0.2) is 28.3 Å². The molecule has 3 aromatic heterocycles. The maximum absolute atomic E-state index is 13.4. The number of carbonyl (C=O) groups excluding carboxylic acids is 2. The first kappa shape index (κ1) is 22.8. The molecule has 3 aromatic rings. The standard InChI is InChI=1S/C22H26N4O4S2/c1-4-15-13(2)32-20-18(15)21(29)26(11-14-7-6-10-30-14)22(24-20)31-12-17(27)23-19(28)16-8-5-9-25(16)3/h5,8-9,14H,4,6-7,10-12H2,1-3H3,(H,23,27,28). The van der Waals surface area contributed by atoms with E-state index in [-0.39, 0.29) is 17.4 Å². The third kappa shape index (κ3) is 4.53. The molecule has 4 heterocycles. The van der Waals surface area contributed by atoms with Gasteiger partial charge >= 0.3 is 0 Å². The first-order valence-corrected chi connectivity index (χ1v) is 12.4. The largest absolute Gasteiger partial charge is 0.376 e. The zero-order valence-corrected chi connectivity index (χ0v) is 20.0. The molecule has 0 aromatic carbocycles. The lowest BCUT2D eigenvalue weighted by molar-refractivity contribution is -0.117. The summed E-state index contributed by atoms with van der Waals surface area (Å²) in [6.07, 6.45) is 4.33. The Morgan fingerprint density at radius 1 is 1.41 bits per heavy atom. The van der Waals surface area contributed by atoms with Gasteiger partial charge in [-0.3, -0.25) is 24.3 Å². The van der Waals surface area contributed by atoms with Crippen LogP contribution in [0.4, 0.5) is 0 Å². The summed E-state index contributed by atoms with van der Waals surface area (Å²) in [5, 5.41) is 3.55. The number of imide groups is 1. The zero-order chi connectivity index (χ0) is 22.8. The normalized spacial score (nSPS) is 16.0. The molecule has 1 aliphatic rings. The number of carbonyl (C=O) groups is 2. The second-order valence-corrected chi connectivity index (χ2v) is 9.93. The van der Waals surface area contributed by atoms with E-state index in [1.165, 1.54) is 23.1 Å². The van der Waals surface area contributed by atoms with Crippen LogP contribution >= 0.6 is 23.1 Å². The summed E-state index contributed by atoms with van der Waals surface area (Å²) in [5.41, 5.74) is 1.35. The molecule has 1 saturated heterocycles. The molecule has 8 nitrogen and oxygen atoms in total. The van der Waals surface area contributed by atoms with E-state index in [4.69, 9.17) is 9.72 Å². The Kier molecular flexibility index (Phi) is 6.82. The minimum Gasteiger partial charge on any atom is -0.376 e. The second-order valence-electron chi connectivity index (χ2n) is 7.79. The van der Waals surface area contributed by atoms with Gasteiger partial charge < -0.3 is 9.30 Å². The zero-order valence-electron chi connectivity index (χ0n) is 18.3. The number of ether oxygens (including phenoxy) is 1. The molecule has 170 valence electrons. The molecule has 1 fully saturated rings. The summed E-state index contributed by atoms with van der Waals surface area (Å²) in [6, 6.07) is 3.39. The highest BCUT2D eigenvalue weighted by atomic mass is 32.2. The Labute approximate surface area is 194 Å². The number of hydrogen-bond acceptors (Lipinski definition) is 7. The van der Waals surface area contributed by atoms with Gasteiger partial charge in [0.2, 0.25) is 5.91 Å². The summed E-state index contributed by atoms with van der Waals surface area (Å²) in [4.78, 5) is 44.7. The van der Waals surface area contributed by atoms with Crippen LogP contribution < -0.4 is 10.9 Å². The van der Waals surface area contributed by atoms with Gasteiger partial charge in [0.15, 0.2) is 5.16 Å². The van der Waals surface area contributed by atoms with Gasteiger partial charge in [-0.1, -0.05) is 18.7 Å². The molecule has 0 bridgehead atoms. The smallest absolute Gasteiger partial charge is 0.274 e. The van der Waals surface area contributed by atoms with Crippen molar-refractivity contribution in [3.8, 4) is 0 Å². The molecule has 1 aliphatic heterocycles. The second kappa shape index (κ2) is 9.60. The van der Waals surface area contributed by atoms with Gasteiger partial charge in [-0.05, 0) is 43.9 Å². The topological polar surface area (TPSA) is 95.2 Å². The van der Waals surface area contributed by atoms with Gasteiger partial charge in [-0.25, -0.2) is 4.98 Å². The van der Waals surface area contributed by atoms with Crippen molar-refractivity contribution in [2.45, 2.75) is 50.9 Å². The lowest BCUT2D eigenvalue weighted by Crippen LogP contribution is -2.33. The van der Waals surface area contributed by atoms with Crippen molar-refractivity contribution in [2.24, 2.45) is 7.05 Å². The highest BCUT2D eigenvalue weighted by Crippen LogP contribution is 2.30. The van der Waals surface area contributed by atoms with Gasteiger partial charge in [0.25, 0.3) is 11.5 Å². The summed E-state index contributed by atoms with van der Waals surface area (Å²) in [5.74, 6) is -0.912. The fourth-order valence-corrected chi connectivity index (χ4v) is 5.94. The average molecular weight is 475 g/mol. The quantitative estimate of drug-likeness (QED) is 0.418. The summed E-state index contributed by atoms with van der Waals surface area (Å²) in [7, 11) is 1.74. The minimum absolute atomic E-state index is 0.0232. The molecule has 10 heteroatoms. The maximum Gasteiger partial charge on any atom is 0.274 e. The van der Waals surface area contributed by atoms with Gasteiger partial charge in [0.1, 0.15) is 10.5 Å². The molecule has 2 amide bonds. The van der Waals surface area contributed by atoms with Crippen LogP contribution in [0.2, 0.25) is 0 Å². The minimum atomic E-state index is -0.454. The van der Waals surface area contributed by atoms with E-state index in [2.05, 4.69) is 5.32 Å². The Balaban J connectivity index is 1.59. The SMILES string of the molecule is CCc1c(C)sc2nc(SCC(=O)NC(=O)c3cccn3C)n(CC3CCCO3)c(=O)c12. The van der Waals surface area contributed by atoms with Crippen molar-refractivity contribution in [1.29, 1.82) is 0 Å². The number of aromatic nitrogens is 3. The molecule has 0 spiro atoms. The lowest BCUT2D eigenvalue weighted by Gasteiger charge is -2.16. The molecule has 1 atom stereocenters. The van der Waals surface area contributed by atoms with E-state index < -0.39 is 11.8 Å². The van der Waals surface area contributed by atoms with Crippen molar-refractivity contribution in [3.63, 3.8) is 0 Å². The van der Waals surface area contributed by atoms with Gasteiger partial charge in [0.05, 0.1) is 23.8 Å². The predicted octanol–water partition coefficient (Wildman–Crippen LogP) is 2.90.